The predicted molar refractivity (Wildman–Crippen MR) is 156 cm³/mol. The van der Waals surface area contributed by atoms with E-state index >= 15 is 0 Å². The third-order valence-electron chi connectivity index (χ3n) is 5.90. The summed E-state index contributed by atoms with van der Waals surface area (Å²) >= 11 is 2.56. The van der Waals surface area contributed by atoms with E-state index in [2.05, 4.69) is 0 Å². The molecule has 0 saturated heterocycles. The molecule has 0 heterocycles. The number of carbonyl (C=O) groups excluding carboxylic acids is 2. The second kappa shape index (κ2) is 14.3. The molecule has 1 unspecified atom stereocenters. The standard InChI is InChI=1S/C29H24ClN3O9S/c30-25-15-10-21(17-26(25)33(36)37)32(43(38)39)28(34)27(42-29(31)35)16-19-6-11-22(12-7-19)40-18-20-8-13-24(14-9-20)41-23-4-2-1-3-5-23/h1-15,17,27H,16,18H2,(H2,31,35)(H,38,39)/p-1/t27-/m0/s1. The third-order valence-corrected chi connectivity index (χ3v) is 6.90. The summed E-state index contributed by atoms with van der Waals surface area (Å²) in [5.74, 6) is 0.696. The second-order valence-electron chi connectivity index (χ2n) is 8.86. The molecule has 0 radical (unpaired) electrons. The minimum Gasteiger partial charge on any atom is -0.755 e. The lowest BCUT2D eigenvalue weighted by Crippen LogP contribution is -2.44. The summed E-state index contributed by atoms with van der Waals surface area (Å²) in [6, 6.07) is 26.2. The normalized spacial score (nSPS) is 12.0. The van der Waals surface area contributed by atoms with Crippen LogP contribution in [0.5, 0.6) is 17.2 Å². The minimum atomic E-state index is -3.23. The summed E-state index contributed by atoms with van der Waals surface area (Å²) in [6.07, 6.45) is -3.25. The molecule has 0 aliphatic heterocycles. The molecule has 0 spiro atoms. The number of ether oxygens (including phenoxy) is 3. The average Bonchev–Trinajstić information content (AvgIpc) is 2.98. The first-order valence-electron chi connectivity index (χ1n) is 12.5. The van der Waals surface area contributed by atoms with Crippen LogP contribution in [0, 0.1) is 10.1 Å². The lowest BCUT2D eigenvalue weighted by atomic mass is 10.1. The van der Waals surface area contributed by atoms with Gasteiger partial charge in [-0.2, -0.15) is 0 Å². The lowest BCUT2D eigenvalue weighted by Gasteiger charge is -2.28. The van der Waals surface area contributed by atoms with Crippen LogP contribution in [0.1, 0.15) is 11.1 Å². The van der Waals surface area contributed by atoms with Gasteiger partial charge in [0.15, 0.2) is 6.10 Å². The van der Waals surface area contributed by atoms with Crippen LogP contribution in [0.3, 0.4) is 0 Å². The van der Waals surface area contributed by atoms with Crippen LogP contribution in [0.25, 0.3) is 0 Å². The summed E-state index contributed by atoms with van der Waals surface area (Å²) in [4.78, 5) is 35.2. The van der Waals surface area contributed by atoms with Gasteiger partial charge in [0.05, 0.1) is 21.9 Å². The van der Waals surface area contributed by atoms with Gasteiger partial charge in [-0.3, -0.25) is 19.1 Å². The van der Waals surface area contributed by atoms with Crippen LogP contribution in [0.4, 0.5) is 16.2 Å². The summed E-state index contributed by atoms with van der Waals surface area (Å²) < 4.78 is 40.7. The molecule has 2 atom stereocenters. The van der Waals surface area contributed by atoms with Crippen molar-refractivity contribution >= 4 is 46.2 Å². The fraction of sp³-hybridized carbons (Fsp3) is 0.103. The highest BCUT2D eigenvalue weighted by molar-refractivity contribution is 7.81. The number of anilines is 1. The number of benzene rings is 4. The predicted octanol–water partition coefficient (Wildman–Crippen LogP) is 5.45. The summed E-state index contributed by atoms with van der Waals surface area (Å²) in [5, 5.41) is 11.0. The van der Waals surface area contributed by atoms with Gasteiger partial charge in [0, 0.05) is 12.5 Å². The highest BCUT2D eigenvalue weighted by atomic mass is 35.5. The van der Waals surface area contributed by atoms with E-state index in [1.54, 1.807) is 24.3 Å². The van der Waals surface area contributed by atoms with Crippen LogP contribution in [-0.2, 0) is 33.8 Å². The van der Waals surface area contributed by atoms with Crippen molar-refractivity contribution in [1.29, 1.82) is 0 Å². The zero-order valence-electron chi connectivity index (χ0n) is 22.2. The molecule has 2 amide bonds. The van der Waals surface area contributed by atoms with Gasteiger partial charge in [0.2, 0.25) is 0 Å². The SMILES string of the molecule is NC(=O)O[C@@H](Cc1ccc(OCc2ccc(Oc3ccccc3)cc2)cc1)C(=O)N(c1ccc(Cl)c([N+](=O)[O-])c1)S(=O)[O-]. The fourth-order valence-electron chi connectivity index (χ4n) is 3.89. The molecule has 4 aromatic carbocycles. The minimum absolute atomic E-state index is 0.227. The number of amides is 2. The Morgan fingerprint density at radius 1 is 0.907 bits per heavy atom. The molecule has 0 aliphatic rings. The molecule has 4 aromatic rings. The molecule has 43 heavy (non-hydrogen) atoms. The Bertz CT molecular complexity index is 1620. The van der Waals surface area contributed by atoms with E-state index in [1.165, 1.54) is 0 Å². The highest BCUT2D eigenvalue weighted by Gasteiger charge is 2.31. The van der Waals surface area contributed by atoms with Crippen molar-refractivity contribution < 1.29 is 37.5 Å². The van der Waals surface area contributed by atoms with Crippen LogP contribution in [0.15, 0.2) is 97.1 Å². The highest BCUT2D eigenvalue weighted by Crippen LogP contribution is 2.31. The van der Waals surface area contributed by atoms with Crippen molar-refractivity contribution in [3.63, 3.8) is 0 Å². The maximum atomic E-state index is 13.2. The Morgan fingerprint density at radius 2 is 1.51 bits per heavy atom. The number of nitro groups is 1. The van der Waals surface area contributed by atoms with E-state index in [4.69, 9.17) is 31.5 Å². The van der Waals surface area contributed by atoms with Gasteiger partial charge in [-0.15, -0.1) is 0 Å². The molecular formula is C29H23ClN3O9S-. The maximum Gasteiger partial charge on any atom is 0.405 e. The second-order valence-corrected chi connectivity index (χ2v) is 10.1. The van der Waals surface area contributed by atoms with E-state index in [1.807, 2.05) is 54.6 Å². The molecule has 0 bridgehead atoms. The van der Waals surface area contributed by atoms with Gasteiger partial charge < -0.3 is 24.5 Å². The number of hydrogen-bond donors (Lipinski definition) is 1. The Morgan fingerprint density at radius 3 is 2.12 bits per heavy atom. The van der Waals surface area contributed by atoms with E-state index in [0.717, 1.165) is 29.5 Å². The Kier molecular flexibility index (Phi) is 10.3. The van der Waals surface area contributed by atoms with Gasteiger partial charge in [0.1, 0.15) is 28.9 Å². The van der Waals surface area contributed by atoms with Gasteiger partial charge in [-0.05, 0) is 59.7 Å². The number of para-hydroxylation sites is 1. The zero-order valence-corrected chi connectivity index (χ0v) is 23.7. The first-order valence-corrected chi connectivity index (χ1v) is 13.9. The van der Waals surface area contributed by atoms with E-state index < -0.39 is 40.0 Å². The van der Waals surface area contributed by atoms with Crippen LogP contribution >= 0.6 is 11.6 Å². The number of primary amides is 1. The number of rotatable bonds is 12. The molecule has 12 nitrogen and oxygen atoms in total. The first kappa shape index (κ1) is 31.0. The smallest absolute Gasteiger partial charge is 0.405 e. The Labute approximate surface area is 253 Å². The molecule has 2 N–H and O–H groups in total. The third kappa shape index (κ3) is 8.52. The number of nitrogens with two attached hydrogens (primary N) is 1. The molecule has 14 heteroatoms. The average molecular weight is 625 g/mol. The topological polar surface area (TPSA) is 174 Å². The Balaban J connectivity index is 1.42. The van der Waals surface area contributed by atoms with E-state index in [0.29, 0.717) is 17.1 Å². The van der Waals surface area contributed by atoms with Crippen molar-refractivity contribution in [3.8, 4) is 17.2 Å². The molecule has 4 rings (SSSR count). The van der Waals surface area contributed by atoms with Crippen molar-refractivity contribution in [2.24, 2.45) is 5.73 Å². The van der Waals surface area contributed by atoms with E-state index in [9.17, 15) is 28.5 Å². The lowest BCUT2D eigenvalue weighted by molar-refractivity contribution is -0.384. The quantitative estimate of drug-likeness (QED) is 0.122. The zero-order chi connectivity index (χ0) is 30.9. The number of carbonyl (C=O) groups is 2. The number of halogens is 1. The van der Waals surface area contributed by atoms with Gasteiger partial charge in [-0.25, -0.2) is 9.10 Å². The Hall–Kier alpha value is -4.98. The van der Waals surface area contributed by atoms with Crippen LogP contribution in [0.2, 0.25) is 5.02 Å². The van der Waals surface area contributed by atoms with Crippen molar-refractivity contribution in [2.75, 3.05) is 4.31 Å². The largest absolute Gasteiger partial charge is 0.755 e. The maximum absolute atomic E-state index is 13.2. The summed E-state index contributed by atoms with van der Waals surface area (Å²) in [6.45, 7) is 0.258. The first-order chi connectivity index (χ1) is 20.6. The van der Waals surface area contributed by atoms with E-state index in [-0.39, 0.29) is 28.0 Å². The number of hydrogen-bond acceptors (Lipinski definition) is 9. The van der Waals surface area contributed by atoms with Gasteiger partial charge >= 0.3 is 6.09 Å². The molecule has 0 fully saturated rings. The van der Waals surface area contributed by atoms with Crippen molar-refractivity contribution in [2.45, 2.75) is 19.1 Å². The number of nitro benzene ring substituents is 1. The number of nitrogens with zero attached hydrogens (tertiary/aromatic N) is 2. The van der Waals surface area contributed by atoms with Crippen LogP contribution in [-0.4, -0.2) is 31.8 Å². The van der Waals surface area contributed by atoms with Gasteiger partial charge in [0.25, 0.3) is 11.6 Å². The monoisotopic (exact) mass is 624 g/mol. The van der Waals surface area contributed by atoms with Crippen molar-refractivity contribution in [1.82, 2.24) is 0 Å². The molecule has 0 saturated carbocycles. The molecule has 0 aromatic heterocycles. The van der Waals surface area contributed by atoms with Crippen molar-refractivity contribution in [3.05, 3.63) is 123 Å². The summed E-state index contributed by atoms with van der Waals surface area (Å²) in [5.41, 5.74) is 5.49. The molecule has 0 aliphatic carbocycles. The molecule has 222 valence electrons. The van der Waals surface area contributed by atoms with Gasteiger partial charge in [-0.1, -0.05) is 54.1 Å². The summed E-state index contributed by atoms with van der Waals surface area (Å²) in [7, 11) is 0. The fourth-order valence-corrected chi connectivity index (χ4v) is 4.62. The molecular weight excluding hydrogens is 602 g/mol. The van der Waals surface area contributed by atoms with Crippen LogP contribution < -0.4 is 19.5 Å².